The Bertz CT molecular complexity index is 1810. The molecule has 8 heteroatoms. The number of anilines is 1. The minimum atomic E-state index is -0.390. The summed E-state index contributed by atoms with van der Waals surface area (Å²) >= 11 is 12.8. The van der Waals surface area contributed by atoms with Crippen molar-refractivity contribution < 1.29 is 9.53 Å². The average Bonchev–Trinajstić information content (AvgIpc) is 3.49. The Morgan fingerprint density at radius 2 is 1.66 bits per heavy atom. The van der Waals surface area contributed by atoms with Gasteiger partial charge >= 0.3 is 0 Å². The van der Waals surface area contributed by atoms with Crippen molar-refractivity contribution in [2.24, 2.45) is 11.7 Å². The monoisotopic (exact) mass is 666 g/mol. The van der Waals surface area contributed by atoms with Crippen LogP contribution in [0.5, 0.6) is 5.75 Å². The summed E-state index contributed by atoms with van der Waals surface area (Å²) < 4.78 is 8.14. The molecule has 0 bridgehead atoms. The third-order valence-corrected chi connectivity index (χ3v) is 9.50. The number of hydrogen-bond acceptors (Lipinski definition) is 4. The van der Waals surface area contributed by atoms with Gasteiger partial charge in [-0.1, -0.05) is 97.8 Å². The zero-order valence-corrected chi connectivity index (χ0v) is 28.2. The molecule has 4 aromatic carbocycles. The molecule has 1 heterocycles. The molecule has 1 fully saturated rings. The van der Waals surface area contributed by atoms with E-state index < -0.39 is 5.91 Å². The molecular weight excluding hydrogens is 627 g/mol. The number of carbonyl (C=O) groups excluding carboxylic acids is 1. The van der Waals surface area contributed by atoms with Gasteiger partial charge in [-0.15, -0.1) is 0 Å². The van der Waals surface area contributed by atoms with Crippen LogP contribution >= 0.6 is 23.2 Å². The van der Waals surface area contributed by atoms with E-state index >= 15 is 0 Å². The molecule has 47 heavy (non-hydrogen) atoms. The summed E-state index contributed by atoms with van der Waals surface area (Å²) in [5, 5.41) is 1.11. The highest BCUT2D eigenvalue weighted by Crippen LogP contribution is 2.32. The van der Waals surface area contributed by atoms with Gasteiger partial charge in [-0.25, -0.2) is 4.98 Å². The van der Waals surface area contributed by atoms with Crippen molar-refractivity contribution in [1.29, 1.82) is 0 Å². The molecule has 0 spiro atoms. The van der Waals surface area contributed by atoms with Gasteiger partial charge in [0, 0.05) is 41.6 Å². The zero-order valence-electron chi connectivity index (χ0n) is 26.7. The lowest BCUT2D eigenvalue weighted by molar-refractivity contribution is -0.116. The van der Waals surface area contributed by atoms with Gasteiger partial charge in [0.25, 0.3) is 0 Å². The number of likely N-dealkylation sites (N-methyl/N-ethyl adjacent to an activating group) is 1. The number of ether oxygens (including phenoxy) is 1. The van der Waals surface area contributed by atoms with Crippen LogP contribution in [0.4, 0.5) is 5.69 Å². The van der Waals surface area contributed by atoms with Gasteiger partial charge in [0.05, 0.1) is 23.9 Å². The molecule has 1 amide bonds. The molecule has 0 atom stereocenters. The van der Waals surface area contributed by atoms with Crippen molar-refractivity contribution in [2.45, 2.75) is 44.9 Å². The minimum absolute atomic E-state index is 0.119. The zero-order chi connectivity index (χ0) is 32.8. The van der Waals surface area contributed by atoms with Crippen molar-refractivity contribution in [3.63, 3.8) is 0 Å². The summed E-state index contributed by atoms with van der Waals surface area (Å²) in [4.78, 5) is 18.4. The molecule has 1 aromatic heterocycles. The number of carbonyl (C=O) groups is 1. The largest absolute Gasteiger partial charge is 0.494 e. The van der Waals surface area contributed by atoms with Crippen LogP contribution < -0.4 is 15.4 Å². The van der Waals surface area contributed by atoms with E-state index in [0.29, 0.717) is 16.5 Å². The normalized spacial score (nSPS) is 13.4. The molecule has 1 saturated carbocycles. The van der Waals surface area contributed by atoms with Gasteiger partial charge in [-0.3, -0.25) is 4.79 Å². The topological polar surface area (TPSA) is 73.4 Å². The number of imidazole rings is 1. The van der Waals surface area contributed by atoms with Gasteiger partial charge in [0.15, 0.2) is 0 Å². The molecule has 2 N–H and O–H groups in total. The molecule has 6 nitrogen and oxygen atoms in total. The first-order valence-corrected chi connectivity index (χ1v) is 17.0. The fourth-order valence-electron chi connectivity index (χ4n) is 6.36. The van der Waals surface area contributed by atoms with Gasteiger partial charge in [-0.2, -0.15) is 0 Å². The van der Waals surface area contributed by atoms with Gasteiger partial charge in [0.1, 0.15) is 11.6 Å². The maximum Gasteiger partial charge on any atom is 0.236 e. The number of hydrogen-bond donors (Lipinski definition) is 1. The highest BCUT2D eigenvalue weighted by molar-refractivity contribution is 6.36. The first kappa shape index (κ1) is 32.7. The van der Waals surface area contributed by atoms with E-state index in [1.165, 1.54) is 32.1 Å². The second-order valence-electron chi connectivity index (χ2n) is 12.4. The van der Waals surface area contributed by atoms with Gasteiger partial charge in [-0.05, 0) is 77.6 Å². The van der Waals surface area contributed by atoms with Crippen molar-refractivity contribution in [3.8, 4) is 33.8 Å². The molecule has 5 aromatic rings. The van der Waals surface area contributed by atoms with Crippen molar-refractivity contribution >= 4 is 34.8 Å². The summed E-state index contributed by atoms with van der Waals surface area (Å²) in [6, 6.07) is 30.4. The highest BCUT2D eigenvalue weighted by atomic mass is 35.5. The number of nitrogens with two attached hydrogens (primary N) is 1. The number of halogens is 2. The van der Waals surface area contributed by atoms with E-state index in [4.69, 9.17) is 38.7 Å². The molecule has 0 aliphatic heterocycles. The predicted molar refractivity (Wildman–Crippen MR) is 193 cm³/mol. The third-order valence-electron chi connectivity index (χ3n) is 8.95. The van der Waals surface area contributed by atoms with E-state index in [-0.39, 0.29) is 6.54 Å². The summed E-state index contributed by atoms with van der Waals surface area (Å²) in [6.45, 7) is 0.906. The van der Waals surface area contributed by atoms with E-state index in [1.807, 2.05) is 54.5 Å². The Morgan fingerprint density at radius 3 is 2.36 bits per heavy atom. The molecule has 0 radical (unpaired) electrons. The highest BCUT2D eigenvalue weighted by Gasteiger charge is 2.16. The van der Waals surface area contributed by atoms with Gasteiger partial charge < -0.3 is 19.9 Å². The lowest BCUT2D eigenvalue weighted by atomic mass is 9.87. The number of rotatable bonds is 12. The van der Waals surface area contributed by atoms with Crippen molar-refractivity contribution in [3.05, 3.63) is 119 Å². The van der Waals surface area contributed by atoms with Crippen LogP contribution in [0.2, 0.25) is 10.0 Å². The molecule has 0 unspecified atom stereocenters. The van der Waals surface area contributed by atoms with E-state index in [2.05, 4.69) is 53.1 Å². The summed E-state index contributed by atoms with van der Waals surface area (Å²) in [7, 11) is 1.85. The lowest BCUT2D eigenvalue weighted by Crippen LogP contribution is -2.30. The van der Waals surface area contributed by atoms with E-state index in [1.54, 1.807) is 6.07 Å². The Balaban J connectivity index is 1.20. The standard InChI is InChI=1S/C39H40Cl2N4O2/c1-44(26-38(42)46)32-8-5-9-33(24-32)45-25-37(35-19-16-31(40)23-36(35)41)43-39(45)22-28-10-12-29(13-11-28)30-14-17-34(18-15-30)47-21-20-27-6-3-2-4-7-27/h5,8-19,23-25,27H,2-4,6-7,20-22,26H2,1H3,(H2,42,46). The van der Waals surface area contributed by atoms with Crippen LogP contribution in [0.1, 0.15) is 49.9 Å². The number of primary amides is 1. The van der Waals surface area contributed by atoms with Crippen LogP contribution in [0.3, 0.4) is 0 Å². The van der Waals surface area contributed by atoms with E-state index in [0.717, 1.165) is 69.8 Å². The Morgan fingerprint density at radius 1 is 0.936 bits per heavy atom. The maximum atomic E-state index is 11.6. The number of benzene rings is 4. The van der Waals surface area contributed by atoms with Crippen LogP contribution in [0, 0.1) is 5.92 Å². The van der Waals surface area contributed by atoms with Crippen molar-refractivity contribution in [2.75, 3.05) is 25.1 Å². The third kappa shape index (κ3) is 8.37. The predicted octanol–water partition coefficient (Wildman–Crippen LogP) is 9.37. The number of nitrogens with zero attached hydrogens (tertiary/aromatic N) is 3. The van der Waals surface area contributed by atoms with Crippen LogP contribution in [0.15, 0.2) is 97.2 Å². The second kappa shape index (κ2) is 15.1. The van der Waals surface area contributed by atoms with Gasteiger partial charge in [0.2, 0.25) is 5.91 Å². The fourth-order valence-corrected chi connectivity index (χ4v) is 6.86. The van der Waals surface area contributed by atoms with Crippen LogP contribution in [-0.4, -0.2) is 35.7 Å². The number of amides is 1. The maximum absolute atomic E-state index is 11.6. The van der Waals surface area contributed by atoms with E-state index in [9.17, 15) is 4.79 Å². The Hall–Kier alpha value is -4.26. The lowest BCUT2D eigenvalue weighted by Gasteiger charge is -2.21. The Labute approximate surface area is 287 Å². The first-order valence-electron chi connectivity index (χ1n) is 16.3. The quantitative estimate of drug-likeness (QED) is 0.144. The summed E-state index contributed by atoms with van der Waals surface area (Å²) in [5.74, 6) is 2.21. The molecule has 242 valence electrons. The minimum Gasteiger partial charge on any atom is -0.494 e. The van der Waals surface area contributed by atoms with Crippen molar-refractivity contribution in [1.82, 2.24) is 9.55 Å². The van der Waals surface area contributed by atoms with Crippen LogP contribution in [-0.2, 0) is 11.2 Å². The molecular formula is C39H40Cl2N4O2. The molecule has 1 aliphatic rings. The molecule has 6 rings (SSSR count). The first-order chi connectivity index (χ1) is 22.8. The Kier molecular flexibility index (Phi) is 10.5. The molecule has 0 saturated heterocycles. The molecule has 1 aliphatic carbocycles. The summed E-state index contributed by atoms with van der Waals surface area (Å²) in [6.07, 6.45) is 10.6. The second-order valence-corrected chi connectivity index (χ2v) is 13.3. The average molecular weight is 668 g/mol. The summed E-state index contributed by atoms with van der Waals surface area (Å²) in [5.41, 5.74) is 12.2. The fraction of sp³-hybridized carbons (Fsp3) is 0.282. The van der Waals surface area contributed by atoms with Crippen LogP contribution in [0.25, 0.3) is 28.1 Å². The number of aromatic nitrogens is 2. The SMILES string of the molecule is CN(CC(N)=O)c1cccc(-n2cc(-c3ccc(Cl)cc3Cl)nc2Cc2ccc(-c3ccc(OCCC4CCCCC4)cc3)cc2)c1. The smallest absolute Gasteiger partial charge is 0.236 e.